The summed E-state index contributed by atoms with van der Waals surface area (Å²) in [6.45, 7) is 6.19. The average molecular weight is 251 g/mol. The van der Waals surface area contributed by atoms with Crippen molar-refractivity contribution < 1.29 is 9.47 Å². The van der Waals surface area contributed by atoms with Crippen LogP contribution in [0.4, 0.5) is 0 Å². The number of hydrogen-bond donors (Lipinski definition) is 1. The molecule has 1 aromatic rings. The van der Waals surface area contributed by atoms with E-state index in [2.05, 4.69) is 24.4 Å². The molecule has 0 amide bonds. The topological polar surface area (TPSA) is 30.5 Å². The Balaban J connectivity index is 2.81. The Morgan fingerprint density at radius 2 is 1.78 bits per heavy atom. The van der Waals surface area contributed by atoms with Gasteiger partial charge in [0.05, 0.1) is 18.2 Å². The molecular formula is C15H25NO2. The van der Waals surface area contributed by atoms with Crippen molar-refractivity contribution in [3.8, 4) is 5.75 Å². The van der Waals surface area contributed by atoms with Crippen LogP contribution in [0, 0.1) is 0 Å². The first-order chi connectivity index (χ1) is 8.62. The maximum Gasteiger partial charge on any atom is 0.119 e. The molecule has 0 aliphatic rings. The highest BCUT2D eigenvalue weighted by atomic mass is 16.5. The van der Waals surface area contributed by atoms with Gasteiger partial charge in [-0.3, -0.25) is 0 Å². The lowest BCUT2D eigenvalue weighted by atomic mass is 9.99. The molecular weight excluding hydrogens is 226 g/mol. The lowest BCUT2D eigenvalue weighted by molar-refractivity contribution is 0.0675. The van der Waals surface area contributed by atoms with Crippen molar-refractivity contribution in [1.82, 2.24) is 5.32 Å². The summed E-state index contributed by atoms with van der Waals surface area (Å²) in [6.07, 6.45) is 1.37. The third kappa shape index (κ3) is 4.00. The molecule has 0 aliphatic carbocycles. The Morgan fingerprint density at radius 3 is 2.17 bits per heavy atom. The van der Waals surface area contributed by atoms with Crippen LogP contribution in [-0.2, 0) is 4.74 Å². The normalized spacial score (nSPS) is 14.6. The number of likely N-dealkylation sites (N-methyl/N-ethyl adjacent to an activating group) is 1. The second-order valence-corrected chi connectivity index (χ2v) is 4.68. The molecule has 1 aromatic carbocycles. The number of hydrogen-bond acceptors (Lipinski definition) is 3. The summed E-state index contributed by atoms with van der Waals surface area (Å²) in [5, 5.41) is 3.31. The van der Waals surface area contributed by atoms with Crippen LogP contribution >= 0.6 is 0 Å². The molecule has 1 rings (SSSR count). The van der Waals surface area contributed by atoms with Crippen LogP contribution in [-0.4, -0.2) is 26.4 Å². The fourth-order valence-electron chi connectivity index (χ4n) is 2.13. The molecule has 2 unspecified atom stereocenters. The Hall–Kier alpha value is -1.06. The van der Waals surface area contributed by atoms with Crippen molar-refractivity contribution in [2.24, 2.45) is 0 Å². The number of nitrogens with one attached hydrogen (secondary N) is 1. The summed E-state index contributed by atoms with van der Waals surface area (Å²) >= 11 is 0. The highest BCUT2D eigenvalue weighted by molar-refractivity contribution is 5.30. The maximum atomic E-state index is 5.64. The molecule has 18 heavy (non-hydrogen) atoms. The number of ether oxygens (including phenoxy) is 2. The van der Waals surface area contributed by atoms with Crippen LogP contribution in [0.3, 0.4) is 0 Å². The quantitative estimate of drug-likeness (QED) is 0.807. The summed E-state index contributed by atoms with van der Waals surface area (Å²) in [6, 6.07) is 8.44. The Labute approximate surface area is 110 Å². The highest BCUT2D eigenvalue weighted by Crippen LogP contribution is 2.23. The van der Waals surface area contributed by atoms with Crippen LogP contribution in [0.15, 0.2) is 24.3 Å². The molecule has 0 aromatic heterocycles. The van der Waals surface area contributed by atoms with Crippen LogP contribution in [0.5, 0.6) is 5.75 Å². The molecule has 3 nitrogen and oxygen atoms in total. The molecule has 3 heteroatoms. The van der Waals surface area contributed by atoms with Crippen molar-refractivity contribution in [1.29, 1.82) is 0 Å². The smallest absolute Gasteiger partial charge is 0.119 e. The molecule has 0 aliphatic heterocycles. The lowest BCUT2D eigenvalue weighted by Crippen LogP contribution is -2.30. The molecule has 0 spiro atoms. The first-order valence-electron chi connectivity index (χ1n) is 6.59. The van der Waals surface area contributed by atoms with Gasteiger partial charge in [-0.1, -0.05) is 19.1 Å². The second-order valence-electron chi connectivity index (χ2n) is 4.68. The SMILES string of the molecule is CCC(OC)C(NC)c1ccc(OC(C)C)cc1. The van der Waals surface area contributed by atoms with Gasteiger partial charge < -0.3 is 14.8 Å². The van der Waals surface area contributed by atoms with Gasteiger partial charge in [-0.15, -0.1) is 0 Å². The first kappa shape index (κ1) is 15.0. The van der Waals surface area contributed by atoms with Gasteiger partial charge in [-0.25, -0.2) is 0 Å². The van der Waals surface area contributed by atoms with Gasteiger partial charge in [-0.05, 0) is 45.0 Å². The number of benzene rings is 1. The molecule has 2 atom stereocenters. The second kappa shape index (κ2) is 7.39. The standard InChI is InChI=1S/C15H25NO2/c1-6-14(17-5)15(16-4)12-7-9-13(10-8-12)18-11(2)3/h7-11,14-16H,6H2,1-5H3. The molecule has 102 valence electrons. The summed E-state index contributed by atoms with van der Waals surface area (Å²) < 4.78 is 11.2. The minimum Gasteiger partial charge on any atom is -0.491 e. The molecule has 0 saturated carbocycles. The maximum absolute atomic E-state index is 5.64. The molecule has 0 radical (unpaired) electrons. The van der Waals surface area contributed by atoms with Gasteiger partial charge in [0, 0.05) is 7.11 Å². The predicted molar refractivity (Wildman–Crippen MR) is 75.1 cm³/mol. The van der Waals surface area contributed by atoms with Crippen molar-refractivity contribution in [2.75, 3.05) is 14.2 Å². The molecule has 0 bridgehead atoms. The third-order valence-corrected chi connectivity index (χ3v) is 3.00. The Kier molecular flexibility index (Phi) is 6.16. The van der Waals surface area contributed by atoms with E-state index in [0.717, 1.165) is 12.2 Å². The lowest BCUT2D eigenvalue weighted by Gasteiger charge is -2.25. The van der Waals surface area contributed by atoms with Gasteiger partial charge in [0.15, 0.2) is 0 Å². The van der Waals surface area contributed by atoms with Crippen molar-refractivity contribution in [2.45, 2.75) is 45.4 Å². The van der Waals surface area contributed by atoms with Crippen LogP contribution in [0.1, 0.15) is 38.8 Å². The zero-order valence-corrected chi connectivity index (χ0v) is 12.1. The number of rotatable bonds is 7. The van der Waals surface area contributed by atoms with Gasteiger partial charge in [0.25, 0.3) is 0 Å². The average Bonchev–Trinajstić information content (AvgIpc) is 2.36. The van der Waals surface area contributed by atoms with Crippen molar-refractivity contribution in [3.63, 3.8) is 0 Å². The predicted octanol–water partition coefficient (Wildman–Crippen LogP) is 3.16. The van der Waals surface area contributed by atoms with E-state index >= 15 is 0 Å². The Morgan fingerprint density at radius 1 is 1.17 bits per heavy atom. The van der Waals surface area contributed by atoms with E-state index in [9.17, 15) is 0 Å². The van der Waals surface area contributed by atoms with Crippen molar-refractivity contribution >= 4 is 0 Å². The zero-order chi connectivity index (χ0) is 13.5. The zero-order valence-electron chi connectivity index (χ0n) is 12.1. The number of methoxy groups -OCH3 is 1. The minimum atomic E-state index is 0.187. The van der Waals surface area contributed by atoms with E-state index in [1.807, 2.05) is 33.0 Å². The van der Waals surface area contributed by atoms with E-state index in [0.29, 0.717) is 0 Å². The van der Waals surface area contributed by atoms with Crippen molar-refractivity contribution in [3.05, 3.63) is 29.8 Å². The van der Waals surface area contributed by atoms with Crippen LogP contribution < -0.4 is 10.1 Å². The van der Waals surface area contributed by atoms with Gasteiger partial charge >= 0.3 is 0 Å². The van der Waals surface area contributed by atoms with Crippen LogP contribution in [0.25, 0.3) is 0 Å². The van der Waals surface area contributed by atoms with E-state index in [4.69, 9.17) is 9.47 Å². The summed E-state index contributed by atoms with van der Waals surface area (Å²) in [5.74, 6) is 0.911. The monoisotopic (exact) mass is 251 g/mol. The summed E-state index contributed by atoms with van der Waals surface area (Å²) in [5.41, 5.74) is 1.22. The van der Waals surface area contributed by atoms with Gasteiger partial charge in [0.2, 0.25) is 0 Å². The molecule has 1 N–H and O–H groups in total. The highest BCUT2D eigenvalue weighted by Gasteiger charge is 2.19. The van der Waals surface area contributed by atoms with E-state index < -0.39 is 0 Å². The van der Waals surface area contributed by atoms with Crippen LogP contribution in [0.2, 0.25) is 0 Å². The third-order valence-electron chi connectivity index (χ3n) is 3.00. The molecule has 0 heterocycles. The van der Waals surface area contributed by atoms with E-state index in [1.54, 1.807) is 7.11 Å². The van der Waals surface area contributed by atoms with Gasteiger partial charge in [-0.2, -0.15) is 0 Å². The fraction of sp³-hybridized carbons (Fsp3) is 0.600. The Bertz CT molecular complexity index is 331. The summed E-state index contributed by atoms with van der Waals surface area (Å²) in [4.78, 5) is 0. The largest absolute Gasteiger partial charge is 0.491 e. The fourth-order valence-corrected chi connectivity index (χ4v) is 2.13. The minimum absolute atomic E-state index is 0.187. The first-order valence-corrected chi connectivity index (χ1v) is 6.59. The van der Waals surface area contributed by atoms with E-state index in [1.165, 1.54) is 5.56 Å². The molecule has 0 fully saturated rings. The molecule has 0 saturated heterocycles. The van der Waals surface area contributed by atoms with Gasteiger partial charge in [0.1, 0.15) is 5.75 Å². The van der Waals surface area contributed by atoms with E-state index in [-0.39, 0.29) is 18.2 Å². The summed E-state index contributed by atoms with van der Waals surface area (Å²) in [7, 11) is 3.72.